The van der Waals surface area contributed by atoms with E-state index in [1.54, 1.807) is 7.11 Å². The number of rotatable bonds is 11. The Balaban J connectivity index is 1.76. The smallest absolute Gasteiger partial charge is 0.218 e. The van der Waals surface area contributed by atoms with E-state index in [4.69, 9.17) is 14.2 Å². The number of aromatic nitrogens is 2. The number of ether oxygens (including phenoxy) is 3. The minimum Gasteiger partial charge on any atom is -0.475 e. The molecule has 2 rings (SSSR count). The first kappa shape index (κ1) is 16.0. The van der Waals surface area contributed by atoms with Crippen LogP contribution in [0.15, 0.2) is 6.07 Å². The topological polar surface area (TPSA) is 65.5 Å². The fourth-order valence-corrected chi connectivity index (χ4v) is 1.93. The van der Waals surface area contributed by atoms with Gasteiger partial charge in [-0.3, -0.25) is 0 Å². The average molecular weight is 295 g/mol. The number of nitrogens with one attached hydrogen (secondary N) is 1. The molecule has 0 aromatic carbocycles. The van der Waals surface area contributed by atoms with Gasteiger partial charge in [0, 0.05) is 38.9 Å². The normalized spacial score (nSPS) is 14.2. The largest absolute Gasteiger partial charge is 0.475 e. The molecule has 118 valence electrons. The first-order chi connectivity index (χ1) is 10.3. The molecule has 0 saturated heterocycles. The van der Waals surface area contributed by atoms with E-state index in [2.05, 4.69) is 15.3 Å². The molecule has 0 radical (unpaired) electrons. The first-order valence-corrected chi connectivity index (χ1v) is 7.65. The number of hydrogen-bond acceptors (Lipinski definition) is 6. The van der Waals surface area contributed by atoms with Crippen molar-refractivity contribution in [3.63, 3.8) is 0 Å². The highest BCUT2D eigenvalue weighted by atomic mass is 16.5. The molecule has 1 fully saturated rings. The molecule has 1 N–H and O–H groups in total. The molecule has 0 bridgehead atoms. The van der Waals surface area contributed by atoms with Gasteiger partial charge in [-0.05, 0) is 26.2 Å². The maximum Gasteiger partial charge on any atom is 0.218 e. The molecule has 6 heteroatoms. The van der Waals surface area contributed by atoms with Crippen LogP contribution in [0.4, 0.5) is 5.82 Å². The van der Waals surface area contributed by atoms with E-state index in [0.29, 0.717) is 31.6 Å². The van der Waals surface area contributed by atoms with Gasteiger partial charge in [0.2, 0.25) is 5.88 Å². The van der Waals surface area contributed by atoms with Crippen LogP contribution in [0.2, 0.25) is 0 Å². The zero-order valence-electron chi connectivity index (χ0n) is 12.9. The molecule has 1 aromatic heterocycles. The SMILES string of the molecule is CCNc1cc(OCCOCCCOC)nc(C2CC2)n1. The predicted molar refractivity (Wildman–Crippen MR) is 81.0 cm³/mol. The molecule has 0 amide bonds. The average Bonchev–Trinajstić information content (AvgIpc) is 3.31. The van der Waals surface area contributed by atoms with Crippen molar-refractivity contribution in [3.05, 3.63) is 11.9 Å². The maximum absolute atomic E-state index is 5.67. The summed E-state index contributed by atoms with van der Waals surface area (Å²) in [6.07, 6.45) is 3.26. The Morgan fingerprint density at radius 1 is 1.19 bits per heavy atom. The zero-order valence-corrected chi connectivity index (χ0v) is 12.9. The minimum atomic E-state index is 0.500. The minimum absolute atomic E-state index is 0.500. The summed E-state index contributed by atoms with van der Waals surface area (Å²) in [6, 6.07) is 1.85. The Morgan fingerprint density at radius 2 is 2.05 bits per heavy atom. The molecule has 0 spiro atoms. The van der Waals surface area contributed by atoms with Crippen molar-refractivity contribution in [1.29, 1.82) is 0 Å². The van der Waals surface area contributed by atoms with E-state index in [0.717, 1.165) is 31.2 Å². The van der Waals surface area contributed by atoms with E-state index < -0.39 is 0 Å². The standard InChI is InChI=1S/C15H25N3O3/c1-3-16-13-11-14(18-15(17-13)12-5-6-12)21-10-9-20-8-4-7-19-2/h11-12H,3-10H2,1-2H3,(H,16,17,18). The van der Waals surface area contributed by atoms with Crippen LogP contribution in [0, 0.1) is 0 Å². The van der Waals surface area contributed by atoms with Crippen LogP contribution in [0.1, 0.15) is 37.9 Å². The molecule has 0 aliphatic heterocycles. The van der Waals surface area contributed by atoms with Crippen LogP contribution >= 0.6 is 0 Å². The molecule has 1 heterocycles. The Labute approximate surface area is 126 Å². The molecule has 0 atom stereocenters. The van der Waals surface area contributed by atoms with Crippen molar-refractivity contribution < 1.29 is 14.2 Å². The molecule has 1 aromatic rings. The van der Waals surface area contributed by atoms with Gasteiger partial charge in [-0.25, -0.2) is 4.98 Å². The molecule has 1 aliphatic carbocycles. The van der Waals surface area contributed by atoms with Crippen molar-refractivity contribution in [1.82, 2.24) is 9.97 Å². The first-order valence-electron chi connectivity index (χ1n) is 7.65. The van der Waals surface area contributed by atoms with Crippen LogP contribution in [-0.2, 0) is 9.47 Å². The van der Waals surface area contributed by atoms with Gasteiger partial charge in [-0.1, -0.05) is 0 Å². The number of nitrogens with zero attached hydrogens (tertiary/aromatic N) is 2. The molecular weight excluding hydrogens is 270 g/mol. The Kier molecular flexibility index (Phi) is 6.69. The van der Waals surface area contributed by atoms with Gasteiger partial charge >= 0.3 is 0 Å². The Morgan fingerprint density at radius 3 is 2.76 bits per heavy atom. The zero-order chi connectivity index (χ0) is 14.9. The van der Waals surface area contributed by atoms with E-state index in [9.17, 15) is 0 Å². The van der Waals surface area contributed by atoms with Crippen LogP contribution in [0.3, 0.4) is 0 Å². The summed E-state index contributed by atoms with van der Waals surface area (Å²) in [5, 5.41) is 3.22. The van der Waals surface area contributed by atoms with Crippen LogP contribution in [0.5, 0.6) is 5.88 Å². The molecule has 0 unspecified atom stereocenters. The van der Waals surface area contributed by atoms with Crippen molar-refractivity contribution in [2.45, 2.75) is 32.1 Å². The van der Waals surface area contributed by atoms with Crippen molar-refractivity contribution in [2.24, 2.45) is 0 Å². The van der Waals surface area contributed by atoms with Crippen molar-refractivity contribution >= 4 is 5.82 Å². The lowest BCUT2D eigenvalue weighted by molar-refractivity contribution is 0.0795. The lowest BCUT2D eigenvalue weighted by atomic mass is 10.4. The van der Waals surface area contributed by atoms with Crippen LogP contribution in [0.25, 0.3) is 0 Å². The van der Waals surface area contributed by atoms with Gasteiger partial charge in [0.1, 0.15) is 18.2 Å². The molecule has 21 heavy (non-hydrogen) atoms. The Hall–Kier alpha value is -1.40. The number of hydrogen-bond donors (Lipinski definition) is 1. The van der Waals surface area contributed by atoms with Gasteiger partial charge in [0.05, 0.1) is 6.61 Å². The number of methoxy groups -OCH3 is 1. The fraction of sp³-hybridized carbons (Fsp3) is 0.733. The second-order valence-electron chi connectivity index (χ2n) is 5.06. The summed E-state index contributed by atoms with van der Waals surface area (Å²) in [5.41, 5.74) is 0. The number of anilines is 1. The Bertz CT molecular complexity index is 425. The highest BCUT2D eigenvalue weighted by Gasteiger charge is 2.27. The second kappa shape index (κ2) is 8.79. The van der Waals surface area contributed by atoms with Gasteiger partial charge in [-0.2, -0.15) is 4.98 Å². The van der Waals surface area contributed by atoms with Gasteiger partial charge in [-0.15, -0.1) is 0 Å². The van der Waals surface area contributed by atoms with E-state index in [1.165, 1.54) is 12.8 Å². The highest BCUT2D eigenvalue weighted by Crippen LogP contribution is 2.39. The quantitative estimate of drug-likeness (QED) is 0.631. The summed E-state index contributed by atoms with van der Waals surface area (Å²) in [5.74, 6) is 2.87. The summed E-state index contributed by atoms with van der Waals surface area (Å²) in [7, 11) is 1.69. The van der Waals surface area contributed by atoms with Gasteiger partial charge < -0.3 is 19.5 Å². The molecule has 1 aliphatic rings. The van der Waals surface area contributed by atoms with Crippen molar-refractivity contribution in [3.8, 4) is 5.88 Å². The second-order valence-corrected chi connectivity index (χ2v) is 5.06. The summed E-state index contributed by atoms with van der Waals surface area (Å²) in [6.45, 7) is 5.36. The van der Waals surface area contributed by atoms with E-state index in [1.807, 2.05) is 13.0 Å². The monoisotopic (exact) mass is 295 g/mol. The third kappa shape index (κ3) is 5.85. The van der Waals surface area contributed by atoms with Crippen LogP contribution < -0.4 is 10.1 Å². The lowest BCUT2D eigenvalue weighted by Gasteiger charge is -2.10. The summed E-state index contributed by atoms with van der Waals surface area (Å²) < 4.78 is 16.1. The maximum atomic E-state index is 5.67. The third-order valence-electron chi connectivity index (χ3n) is 3.14. The molecular formula is C15H25N3O3. The molecule has 1 saturated carbocycles. The fourth-order valence-electron chi connectivity index (χ4n) is 1.93. The lowest BCUT2D eigenvalue weighted by Crippen LogP contribution is -2.11. The summed E-state index contributed by atoms with van der Waals surface area (Å²) in [4.78, 5) is 8.99. The summed E-state index contributed by atoms with van der Waals surface area (Å²) >= 11 is 0. The third-order valence-corrected chi connectivity index (χ3v) is 3.14. The van der Waals surface area contributed by atoms with Crippen LogP contribution in [-0.4, -0.2) is 50.1 Å². The van der Waals surface area contributed by atoms with E-state index >= 15 is 0 Å². The van der Waals surface area contributed by atoms with Gasteiger partial charge in [0.25, 0.3) is 0 Å². The highest BCUT2D eigenvalue weighted by molar-refractivity contribution is 5.39. The van der Waals surface area contributed by atoms with Crippen molar-refractivity contribution in [2.75, 3.05) is 45.4 Å². The molecule has 6 nitrogen and oxygen atoms in total. The van der Waals surface area contributed by atoms with E-state index in [-0.39, 0.29) is 0 Å². The van der Waals surface area contributed by atoms with Gasteiger partial charge in [0.15, 0.2) is 0 Å². The predicted octanol–water partition coefficient (Wildman–Crippen LogP) is 2.22.